The van der Waals surface area contributed by atoms with Crippen LogP contribution in [0.3, 0.4) is 0 Å². The standard InChI is InChI=1S/C20H20FN7O2/c21-14-1-3-15(4-2-14)24-20-17(19(23)29)12-28(25-20)18-5-7-27(10-13(18)9-22)11-16-6-8-30-26-16/h1-4,6,8,12-13,18H,5,7,10-11H2,(H2,23,29)(H,24,25)/t13-,18-/m0/s1. The lowest BCUT2D eigenvalue weighted by molar-refractivity contribution is 0.100. The third-order valence-electron chi connectivity index (χ3n) is 5.15. The molecule has 30 heavy (non-hydrogen) atoms. The first-order valence-electron chi connectivity index (χ1n) is 9.46. The lowest BCUT2D eigenvalue weighted by atomic mass is 9.93. The van der Waals surface area contributed by atoms with E-state index in [1.165, 1.54) is 18.4 Å². The highest BCUT2D eigenvalue weighted by atomic mass is 19.1. The van der Waals surface area contributed by atoms with Crippen LogP contribution in [0.1, 0.15) is 28.5 Å². The summed E-state index contributed by atoms with van der Waals surface area (Å²) in [6, 6.07) is 9.64. The van der Waals surface area contributed by atoms with E-state index in [0.29, 0.717) is 25.2 Å². The molecule has 1 fully saturated rings. The van der Waals surface area contributed by atoms with Crippen molar-refractivity contribution < 1.29 is 13.7 Å². The summed E-state index contributed by atoms with van der Waals surface area (Å²) in [6.07, 6.45) is 3.76. The second-order valence-corrected chi connectivity index (χ2v) is 7.19. The van der Waals surface area contributed by atoms with Crippen molar-refractivity contribution in [3.05, 3.63) is 59.9 Å². The zero-order valence-corrected chi connectivity index (χ0v) is 16.0. The Morgan fingerprint density at radius 1 is 1.37 bits per heavy atom. The van der Waals surface area contributed by atoms with Gasteiger partial charge in [-0.2, -0.15) is 10.4 Å². The van der Waals surface area contributed by atoms with E-state index < -0.39 is 5.91 Å². The van der Waals surface area contributed by atoms with Crippen LogP contribution in [0.5, 0.6) is 0 Å². The molecule has 2 atom stereocenters. The normalized spacial score (nSPS) is 19.3. The number of hydrogen-bond acceptors (Lipinski definition) is 7. The minimum Gasteiger partial charge on any atom is -0.365 e. The maximum atomic E-state index is 13.1. The van der Waals surface area contributed by atoms with Crippen molar-refractivity contribution in [2.75, 3.05) is 18.4 Å². The molecule has 2 aromatic heterocycles. The quantitative estimate of drug-likeness (QED) is 0.640. The van der Waals surface area contributed by atoms with Gasteiger partial charge in [-0.1, -0.05) is 5.16 Å². The molecule has 3 N–H and O–H groups in total. The maximum absolute atomic E-state index is 13.1. The molecule has 3 heterocycles. The molecule has 1 aliphatic heterocycles. The minimum absolute atomic E-state index is 0.203. The van der Waals surface area contributed by atoms with Crippen LogP contribution in [-0.2, 0) is 6.54 Å². The molecule has 9 nitrogen and oxygen atoms in total. The number of primary amides is 1. The van der Waals surface area contributed by atoms with E-state index in [4.69, 9.17) is 10.3 Å². The van der Waals surface area contributed by atoms with Gasteiger partial charge < -0.3 is 15.6 Å². The fourth-order valence-corrected chi connectivity index (χ4v) is 3.65. The summed E-state index contributed by atoms with van der Waals surface area (Å²) in [6.45, 7) is 1.88. The predicted molar refractivity (Wildman–Crippen MR) is 105 cm³/mol. The number of nitrogens with two attached hydrogens (primary N) is 1. The van der Waals surface area contributed by atoms with Gasteiger partial charge in [0.1, 0.15) is 17.6 Å². The molecule has 1 aromatic carbocycles. The zero-order valence-electron chi connectivity index (χ0n) is 16.0. The fraction of sp³-hybridized carbons (Fsp3) is 0.300. The van der Waals surface area contributed by atoms with Gasteiger partial charge >= 0.3 is 0 Å². The maximum Gasteiger partial charge on any atom is 0.254 e. The third kappa shape index (κ3) is 4.16. The van der Waals surface area contributed by atoms with E-state index in [1.54, 1.807) is 29.1 Å². The number of benzene rings is 1. The summed E-state index contributed by atoms with van der Waals surface area (Å²) in [5.41, 5.74) is 7.11. The molecular weight excluding hydrogens is 389 g/mol. The first-order valence-corrected chi connectivity index (χ1v) is 9.46. The molecule has 0 unspecified atom stereocenters. The van der Waals surface area contributed by atoms with Crippen molar-refractivity contribution in [3.63, 3.8) is 0 Å². The lowest BCUT2D eigenvalue weighted by Crippen LogP contribution is -2.40. The van der Waals surface area contributed by atoms with E-state index in [0.717, 1.165) is 12.2 Å². The zero-order chi connectivity index (χ0) is 21.1. The van der Waals surface area contributed by atoms with Crippen molar-refractivity contribution >= 4 is 17.4 Å². The average molecular weight is 409 g/mol. The Morgan fingerprint density at radius 2 is 2.17 bits per heavy atom. The Balaban J connectivity index is 1.53. The van der Waals surface area contributed by atoms with Crippen molar-refractivity contribution in [2.45, 2.75) is 19.0 Å². The Morgan fingerprint density at radius 3 is 2.83 bits per heavy atom. The summed E-state index contributed by atoms with van der Waals surface area (Å²) in [5.74, 6) is -1.06. The second kappa shape index (κ2) is 8.34. The molecule has 4 rings (SSSR count). The van der Waals surface area contributed by atoms with E-state index in [-0.39, 0.29) is 29.2 Å². The molecule has 0 aliphatic carbocycles. The highest BCUT2D eigenvalue weighted by Crippen LogP contribution is 2.30. The van der Waals surface area contributed by atoms with Crippen LogP contribution >= 0.6 is 0 Å². The van der Waals surface area contributed by atoms with Crippen LogP contribution in [0.2, 0.25) is 0 Å². The number of carbonyl (C=O) groups is 1. The van der Waals surface area contributed by atoms with E-state index in [1.807, 2.05) is 0 Å². The number of hydrogen-bond donors (Lipinski definition) is 2. The smallest absolute Gasteiger partial charge is 0.254 e. The van der Waals surface area contributed by atoms with Crippen molar-refractivity contribution in [3.8, 4) is 6.07 Å². The van der Waals surface area contributed by atoms with Crippen LogP contribution in [0.4, 0.5) is 15.9 Å². The van der Waals surface area contributed by atoms with Gasteiger partial charge in [-0.15, -0.1) is 0 Å². The Labute approximate surface area is 171 Å². The molecule has 0 saturated carbocycles. The van der Waals surface area contributed by atoms with Gasteiger partial charge in [0.2, 0.25) is 0 Å². The van der Waals surface area contributed by atoms with Crippen LogP contribution < -0.4 is 11.1 Å². The molecule has 3 aromatic rings. The van der Waals surface area contributed by atoms with Crippen LogP contribution in [0, 0.1) is 23.1 Å². The third-order valence-corrected chi connectivity index (χ3v) is 5.15. The Hall–Kier alpha value is -3.71. The highest BCUT2D eigenvalue weighted by molar-refractivity contribution is 5.98. The van der Waals surface area contributed by atoms with Crippen molar-refractivity contribution in [1.29, 1.82) is 5.26 Å². The number of nitriles is 1. The lowest BCUT2D eigenvalue weighted by Gasteiger charge is -2.34. The predicted octanol–water partition coefficient (Wildman–Crippen LogP) is 2.44. The first kappa shape index (κ1) is 19.6. The summed E-state index contributed by atoms with van der Waals surface area (Å²) in [7, 11) is 0. The SMILES string of the molecule is N#C[C@H]1CN(Cc2ccon2)CC[C@@H]1n1cc(C(N)=O)c(Nc2ccc(F)cc2)n1. The van der Waals surface area contributed by atoms with Gasteiger partial charge in [0.15, 0.2) is 5.82 Å². The minimum atomic E-state index is -0.636. The molecular formula is C20H20FN7O2. The summed E-state index contributed by atoms with van der Waals surface area (Å²) < 4.78 is 19.6. The molecule has 0 spiro atoms. The number of carbonyl (C=O) groups excluding carboxylic acids is 1. The molecule has 10 heteroatoms. The summed E-state index contributed by atoms with van der Waals surface area (Å²) >= 11 is 0. The number of rotatable bonds is 6. The monoisotopic (exact) mass is 409 g/mol. The van der Waals surface area contributed by atoms with Crippen molar-refractivity contribution in [1.82, 2.24) is 19.8 Å². The average Bonchev–Trinajstić information content (AvgIpc) is 3.39. The molecule has 154 valence electrons. The van der Waals surface area contributed by atoms with E-state index in [2.05, 4.69) is 26.5 Å². The van der Waals surface area contributed by atoms with E-state index >= 15 is 0 Å². The highest BCUT2D eigenvalue weighted by Gasteiger charge is 2.32. The number of amides is 1. The van der Waals surface area contributed by atoms with Gasteiger partial charge in [-0.05, 0) is 30.7 Å². The van der Waals surface area contributed by atoms with Gasteiger partial charge in [-0.25, -0.2) is 4.39 Å². The second-order valence-electron chi connectivity index (χ2n) is 7.19. The van der Waals surface area contributed by atoms with Gasteiger partial charge in [0.05, 0.1) is 23.7 Å². The molecule has 0 radical (unpaired) electrons. The molecule has 1 amide bonds. The molecule has 1 saturated heterocycles. The van der Waals surface area contributed by atoms with Crippen LogP contribution in [0.15, 0.2) is 47.3 Å². The van der Waals surface area contributed by atoms with Crippen LogP contribution in [0.25, 0.3) is 0 Å². The first-order chi connectivity index (χ1) is 14.5. The van der Waals surface area contributed by atoms with Gasteiger partial charge in [0, 0.05) is 37.6 Å². The number of halogens is 1. The topological polar surface area (TPSA) is 126 Å². The number of likely N-dealkylation sites (tertiary alicyclic amines) is 1. The molecule has 0 bridgehead atoms. The van der Waals surface area contributed by atoms with Crippen LogP contribution in [-0.4, -0.2) is 38.8 Å². The fourth-order valence-electron chi connectivity index (χ4n) is 3.65. The number of nitrogens with one attached hydrogen (secondary N) is 1. The Bertz CT molecular complexity index is 1060. The summed E-state index contributed by atoms with van der Waals surface area (Å²) in [5, 5.41) is 21.1. The number of aromatic nitrogens is 3. The van der Waals surface area contributed by atoms with E-state index in [9.17, 15) is 14.4 Å². The number of anilines is 2. The number of piperidine rings is 1. The van der Waals surface area contributed by atoms with Gasteiger partial charge in [-0.3, -0.25) is 14.4 Å². The Kier molecular flexibility index (Phi) is 5.45. The number of nitrogens with zero attached hydrogens (tertiary/aromatic N) is 5. The van der Waals surface area contributed by atoms with Crippen molar-refractivity contribution in [2.24, 2.45) is 11.7 Å². The summed E-state index contributed by atoms with van der Waals surface area (Å²) in [4.78, 5) is 14.1. The largest absolute Gasteiger partial charge is 0.365 e. The molecule has 1 aliphatic rings. The van der Waals surface area contributed by atoms with Gasteiger partial charge in [0.25, 0.3) is 5.91 Å².